The molecule has 1 N–H and O–H groups in total. The Bertz CT molecular complexity index is 408. The third kappa shape index (κ3) is 2.67. The van der Waals surface area contributed by atoms with Crippen molar-refractivity contribution >= 4 is 11.5 Å². The lowest BCUT2D eigenvalue weighted by Gasteiger charge is -2.29. The SMILES string of the molecule is Cc1cc(C)cc(N(O)C2CCCCC2=O)c1. The maximum atomic E-state index is 11.8. The van der Waals surface area contributed by atoms with Crippen LogP contribution >= 0.6 is 0 Å². The van der Waals surface area contributed by atoms with Crippen molar-refractivity contribution in [1.29, 1.82) is 0 Å². The second kappa shape index (κ2) is 4.88. The third-order valence-corrected chi connectivity index (χ3v) is 3.29. The Morgan fingerprint density at radius 1 is 1.18 bits per heavy atom. The zero-order chi connectivity index (χ0) is 12.4. The van der Waals surface area contributed by atoms with Gasteiger partial charge in [-0.15, -0.1) is 0 Å². The van der Waals surface area contributed by atoms with E-state index in [1.165, 1.54) is 0 Å². The van der Waals surface area contributed by atoms with Gasteiger partial charge in [-0.3, -0.25) is 10.0 Å². The van der Waals surface area contributed by atoms with Gasteiger partial charge in [0, 0.05) is 6.42 Å². The van der Waals surface area contributed by atoms with Crippen molar-refractivity contribution < 1.29 is 10.0 Å². The second-order valence-electron chi connectivity index (χ2n) is 4.92. The minimum Gasteiger partial charge on any atom is -0.297 e. The van der Waals surface area contributed by atoms with E-state index in [1.807, 2.05) is 26.0 Å². The van der Waals surface area contributed by atoms with Crippen LogP contribution in [0, 0.1) is 13.8 Å². The van der Waals surface area contributed by atoms with E-state index in [0.717, 1.165) is 41.1 Å². The van der Waals surface area contributed by atoms with Gasteiger partial charge in [0.05, 0.1) is 5.69 Å². The number of aryl methyl sites for hydroxylation is 2. The molecule has 2 rings (SSSR count). The van der Waals surface area contributed by atoms with E-state index in [4.69, 9.17) is 0 Å². The quantitative estimate of drug-likeness (QED) is 0.798. The predicted molar refractivity (Wildman–Crippen MR) is 67.4 cm³/mol. The first kappa shape index (κ1) is 12.1. The molecule has 0 bridgehead atoms. The molecule has 1 aromatic carbocycles. The van der Waals surface area contributed by atoms with Crippen LogP contribution in [0.15, 0.2) is 18.2 Å². The van der Waals surface area contributed by atoms with Gasteiger partial charge in [-0.2, -0.15) is 0 Å². The standard InChI is InChI=1S/C14H19NO2/c1-10-7-11(2)9-12(8-10)15(17)13-5-3-4-6-14(13)16/h7-9,13,17H,3-6H2,1-2H3. The number of hydrogen-bond acceptors (Lipinski definition) is 3. The van der Waals surface area contributed by atoms with Crippen molar-refractivity contribution in [1.82, 2.24) is 0 Å². The summed E-state index contributed by atoms with van der Waals surface area (Å²) in [6.07, 6.45) is 3.31. The summed E-state index contributed by atoms with van der Waals surface area (Å²) in [5.74, 6) is 0.151. The van der Waals surface area contributed by atoms with Gasteiger partial charge in [0.1, 0.15) is 6.04 Å². The lowest BCUT2D eigenvalue weighted by molar-refractivity contribution is -0.123. The van der Waals surface area contributed by atoms with Crippen molar-refractivity contribution in [3.05, 3.63) is 29.3 Å². The van der Waals surface area contributed by atoms with Crippen LogP contribution in [0.25, 0.3) is 0 Å². The Balaban J connectivity index is 2.23. The number of carbonyl (C=O) groups is 1. The molecule has 3 heteroatoms. The average molecular weight is 233 g/mol. The number of hydrogen-bond donors (Lipinski definition) is 1. The number of nitrogens with zero attached hydrogens (tertiary/aromatic N) is 1. The monoisotopic (exact) mass is 233 g/mol. The summed E-state index contributed by atoms with van der Waals surface area (Å²) >= 11 is 0. The minimum absolute atomic E-state index is 0.151. The fourth-order valence-electron chi connectivity index (χ4n) is 2.49. The van der Waals surface area contributed by atoms with E-state index < -0.39 is 0 Å². The Morgan fingerprint density at radius 2 is 1.82 bits per heavy atom. The van der Waals surface area contributed by atoms with Crippen LogP contribution in [0.5, 0.6) is 0 Å². The molecule has 1 unspecified atom stereocenters. The molecule has 0 heterocycles. The smallest absolute Gasteiger partial charge is 0.157 e. The van der Waals surface area contributed by atoms with Gasteiger partial charge in [0.25, 0.3) is 0 Å². The van der Waals surface area contributed by atoms with Gasteiger partial charge < -0.3 is 0 Å². The van der Waals surface area contributed by atoms with Crippen LogP contribution < -0.4 is 5.06 Å². The molecule has 3 nitrogen and oxygen atoms in total. The number of hydroxylamine groups is 1. The number of carbonyl (C=O) groups excluding carboxylic acids is 1. The maximum absolute atomic E-state index is 11.8. The molecule has 1 atom stereocenters. The van der Waals surface area contributed by atoms with Gasteiger partial charge in [-0.25, -0.2) is 5.06 Å². The molecule has 17 heavy (non-hydrogen) atoms. The molecular weight excluding hydrogens is 214 g/mol. The van der Waals surface area contributed by atoms with Crippen LogP contribution in [0.1, 0.15) is 36.8 Å². The second-order valence-corrected chi connectivity index (χ2v) is 4.92. The van der Waals surface area contributed by atoms with Crippen molar-refractivity contribution in [2.45, 2.75) is 45.6 Å². The number of Topliss-reactive ketones (excluding diaryl/α,β-unsaturated/α-hetero) is 1. The Labute approximate surface area is 102 Å². The molecule has 1 aliphatic carbocycles. The Morgan fingerprint density at radius 3 is 2.41 bits per heavy atom. The van der Waals surface area contributed by atoms with E-state index in [9.17, 15) is 10.0 Å². The third-order valence-electron chi connectivity index (χ3n) is 3.29. The van der Waals surface area contributed by atoms with Crippen LogP contribution in [0.4, 0.5) is 5.69 Å². The van der Waals surface area contributed by atoms with E-state index in [1.54, 1.807) is 0 Å². The van der Waals surface area contributed by atoms with E-state index in [-0.39, 0.29) is 11.8 Å². The number of ketones is 1. The highest BCUT2D eigenvalue weighted by molar-refractivity contribution is 5.87. The predicted octanol–water partition coefficient (Wildman–Crippen LogP) is 3.01. The molecule has 0 aliphatic heterocycles. The van der Waals surface area contributed by atoms with Gasteiger partial charge in [-0.05, 0) is 49.9 Å². The summed E-state index contributed by atoms with van der Waals surface area (Å²) < 4.78 is 0. The number of benzene rings is 1. The first-order valence-corrected chi connectivity index (χ1v) is 6.17. The number of rotatable bonds is 2. The van der Waals surface area contributed by atoms with Crippen molar-refractivity contribution in [3.63, 3.8) is 0 Å². The van der Waals surface area contributed by atoms with Crippen LogP contribution in [-0.4, -0.2) is 17.0 Å². The highest BCUT2D eigenvalue weighted by atomic mass is 16.5. The summed E-state index contributed by atoms with van der Waals surface area (Å²) in [4.78, 5) is 11.8. The average Bonchev–Trinajstić information content (AvgIpc) is 2.27. The van der Waals surface area contributed by atoms with Gasteiger partial charge >= 0.3 is 0 Å². The molecule has 0 amide bonds. The van der Waals surface area contributed by atoms with Crippen molar-refractivity contribution in [2.24, 2.45) is 0 Å². The molecule has 0 spiro atoms. The molecule has 0 aromatic heterocycles. The highest BCUT2D eigenvalue weighted by Crippen LogP contribution is 2.25. The van der Waals surface area contributed by atoms with Crippen LogP contribution in [0.2, 0.25) is 0 Å². The maximum Gasteiger partial charge on any atom is 0.157 e. The largest absolute Gasteiger partial charge is 0.297 e. The Kier molecular flexibility index (Phi) is 3.48. The summed E-state index contributed by atoms with van der Waals surface area (Å²) in [7, 11) is 0. The van der Waals surface area contributed by atoms with Gasteiger partial charge in [0.15, 0.2) is 5.78 Å². The van der Waals surface area contributed by atoms with Crippen LogP contribution in [-0.2, 0) is 4.79 Å². The molecular formula is C14H19NO2. The topological polar surface area (TPSA) is 40.5 Å². The summed E-state index contributed by atoms with van der Waals surface area (Å²) in [6.45, 7) is 3.99. The highest BCUT2D eigenvalue weighted by Gasteiger charge is 2.27. The van der Waals surface area contributed by atoms with E-state index >= 15 is 0 Å². The first-order valence-electron chi connectivity index (χ1n) is 6.17. The summed E-state index contributed by atoms with van der Waals surface area (Å²) in [6, 6.07) is 5.52. The van der Waals surface area contributed by atoms with E-state index in [2.05, 4.69) is 6.07 Å². The lowest BCUT2D eigenvalue weighted by atomic mass is 9.93. The van der Waals surface area contributed by atoms with Crippen molar-refractivity contribution in [2.75, 3.05) is 5.06 Å². The molecule has 1 fully saturated rings. The fraction of sp³-hybridized carbons (Fsp3) is 0.500. The number of anilines is 1. The first-order chi connectivity index (χ1) is 8.08. The molecule has 0 saturated heterocycles. The molecule has 1 aromatic rings. The lowest BCUT2D eigenvalue weighted by Crippen LogP contribution is -2.41. The summed E-state index contributed by atoms with van der Waals surface area (Å²) in [5, 5.41) is 11.3. The van der Waals surface area contributed by atoms with Gasteiger partial charge in [0.2, 0.25) is 0 Å². The molecule has 1 saturated carbocycles. The van der Waals surface area contributed by atoms with Crippen molar-refractivity contribution in [3.8, 4) is 0 Å². The Hall–Kier alpha value is -1.35. The molecule has 92 valence electrons. The molecule has 1 aliphatic rings. The minimum atomic E-state index is -0.357. The fourth-order valence-corrected chi connectivity index (χ4v) is 2.49. The van der Waals surface area contributed by atoms with Crippen LogP contribution in [0.3, 0.4) is 0 Å². The summed E-state index contributed by atoms with van der Waals surface area (Å²) in [5.41, 5.74) is 2.92. The molecule has 0 radical (unpaired) electrons. The normalized spacial score (nSPS) is 20.4. The zero-order valence-corrected chi connectivity index (χ0v) is 10.4. The zero-order valence-electron chi connectivity index (χ0n) is 10.4. The van der Waals surface area contributed by atoms with E-state index in [0.29, 0.717) is 6.42 Å². The van der Waals surface area contributed by atoms with Gasteiger partial charge in [-0.1, -0.05) is 12.5 Å².